The third kappa shape index (κ3) is 4.11. The van der Waals surface area contributed by atoms with Crippen molar-refractivity contribution in [3.63, 3.8) is 0 Å². The van der Waals surface area contributed by atoms with Gasteiger partial charge in [-0.3, -0.25) is 4.79 Å². The van der Waals surface area contributed by atoms with Gasteiger partial charge in [0.2, 0.25) is 0 Å². The summed E-state index contributed by atoms with van der Waals surface area (Å²) in [6.07, 6.45) is -1.93. The summed E-state index contributed by atoms with van der Waals surface area (Å²) in [4.78, 5) is 24.3. The van der Waals surface area contributed by atoms with Gasteiger partial charge >= 0.3 is 18.2 Å². The van der Waals surface area contributed by atoms with Gasteiger partial charge in [0.05, 0.1) is 11.8 Å². The molecule has 1 aromatic carbocycles. The maximum atomic E-state index is 13.0. The molecule has 1 aliphatic heterocycles. The number of hydrogen-bond acceptors (Lipinski definition) is 2. The Labute approximate surface area is 149 Å². The quantitative estimate of drug-likeness (QED) is 0.837. The van der Waals surface area contributed by atoms with E-state index in [1.54, 1.807) is 0 Å². The van der Waals surface area contributed by atoms with Crippen molar-refractivity contribution in [1.82, 2.24) is 10.2 Å². The lowest BCUT2D eigenvalue weighted by molar-refractivity contribution is -0.187. The van der Waals surface area contributed by atoms with Crippen LogP contribution in [0.2, 0.25) is 0 Å². The monoisotopic (exact) mass is 370 g/mol. The Morgan fingerprint density at radius 3 is 2.35 bits per heavy atom. The number of rotatable bonds is 5. The zero-order valence-electron chi connectivity index (χ0n) is 14.1. The third-order valence-electron chi connectivity index (χ3n) is 5.34. The van der Waals surface area contributed by atoms with Crippen molar-refractivity contribution in [2.24, 2.45) is 17.3 Å². The van der Waals surface area contributed by atoms with Crippen molar-refractivity contribution in [1.29, 1.82) is 0 Å². The smallest absolute Gasteiger partial charge is 0.394 e. The van der Waals surface area contributed by atoms with E-state index in [1.807, 2.05) is 30.3 Å². The molecule has 1 saturated heterocycles. The Kier molecular flexibility index (Phi) is 4.86. The summed E-state index contributed by atoms with van der Waals surface area (Å²) < 4.78 is 39.0. The molecule has 0 unspecified atom stereocenters. The number of nitrogens with one attached hydrogen (secondary N) is 1. The summed E-state index contributed by atoms with van der Waals surface area (Å²) in [6, 6.07) is 9.20. The average Bonchev–Trinajstić information content (AvgIpc) is 3.17. The highest BCUT2D eigenvalue weighted by Gasteiger charge is 2.53. The van der Waals surface area contributed by atoms with Crippen LogP contribution >= 0.6 is 0 Å². The molecular weight excluding hydrogens is 349 g/mol. The molecule has 5 nitrogen and oxygen atoms in total. The number of nitrogens with zero attached hydrogens (tertiary/aromatic N) is 1. The maximum Gasteiger partial charge on any atom is 0.394 e. The summed E-state index contributed by atoms with van der Waals surface area (Å²) >= 11 is 0. The third-order valence-corrected chi connectivity index (χ3v) is 5.34. The number of carboxylic acids is 1. The molecule has 0 radical (unpaired) electrons. The fourth-order valence-corrected chi connectivity index (χ4v) is 3.55. The first-order chi connectivity index (χ1) is 12.2. The number of benzene rings is 1. The molecule has 26 heavy (non-hydrogen) atoms. The highest BCUT2D eigenvalue weighted by atomic mass is 19.4. The molecule has 1 aromatic rings. The Hall–Kier alpha value is -2.25. The molecule has 0 aromatic heterocycles. The van der Waals surface area contributed by atoms with Crippen LogP contribution in [0.15, 0.2) is 30.3 Å². The summed E-state index contributed by atoms with van der Waals surface area (Å²) in [7, 11) is 0. The van der Waals surface area contributed by atoms with Crippen LogP contribution in [-0.4, -0.2) is 47.8 Å². The highest BCUT2D eigenvalue weighted by Crippen LogP contribution is 2.48. The number of hydrogen-bond donors (Lipinski definition) is 2. The van der Waals surface area contributed by atoms with Gasteiger partial charge in [-0.25, -0.2) is 4.79 Å². The molecule has 1 heterocycles. The van der Waals surface area contributed by atoms with Gasteiger partial charge in [-0.15, -0.1) is 0 Å². The van der Waals surface area contributed by atoms with Gasteiger partial charge in [-0.2, -0.15) is 13.2 Å². The molecule has 142 valence electrons. The van der Waals surface area contributed by atoms with Crippen molar-refractivity contribution in [3.8, 4) is 0 Å². The van der Waals surface area contributed by atoms with E-state index in [1.165, 1.54) is 0 Å². The van der Waals surface area contributed by atoms with E-state index in [0.717, 1.165) is 29.7 Å². The van der Waals surface area contributed by atoms with Crippen LogP contribution in [-0.2, 0) is 11.2 Å². The van der Waals surface area contributed by atoms with Crippen molar-refractivity contribution in [2.45, 2.75) is 25.4 Å². The largest absolute Gasteiger partial charge is 0.481 e. The van der Waals surface area contributed by atoms with Gasteiger partial charge in [0.25, 0.3) is 0 Å². The molecule has 1 saturated carbocycles. The van der Waals surface area contributed by atoms with Gasteiger partial charge in [-0.1, -0.05) is 30.3 Å². The zero-order chi connectivity index (χ0) is 18.9. The van der Waals surface area contributed by atoms with Gasteiger partial charge in [0, 0.05) is 19.6 Å². The number of carbonyl (C=O) groups excluding carboxylic acids is 1. The number of amides is 2. The van der Waals surface area contributed by atoms with Crippen LogP contribution < -0.4 is 5.32 Å². The standard InChI is InChI=1S/C18H21F3N2O3/c19-18(20,21)14-10-23(9-13(14)15(24)25)16(26)22-11-17(6-7-17)8-12-4-2-1-3-5-12/h1-5,13-14H,6-11H2,(H,22,26)(H,24,25)/t13-,14-/m1/s1. The number of halogens is 3. The zero-order valence-corrected chi connectivity index (χ0v) is 14.1. The summed E-state index contributed by atoms with van der Waals surface area (Å²) in [5.74, 6) is -5.16. The minimum atomic E-state index is -4.64. The SMILES string of the molecule is O=C(O)[C@@H]1CN(C(=O)NCC2(Cc3ccccc3)CC2)C[C@H]1C(F)(F)F. The lowest BCUT2D eigenvalue weighted by Crippen LogP contribution is -2.42. The lowest BCUT2D eigenvalue weighted by Gasteiger charge is -2.21. The molecule has 2 amide bonds. The normalized spacial score (nSPS) is 24.3. The van der Waals surface area contributed by atoms with Crippen LogP contribution in [0.1, 0.15) is 18.4 Å². The second-order valence-electron chi connectivity index (χ2n) is 7.32. The predicted octanol–water partition coefficient (Wildman–Crippen LogP) is 2.91. The van der Waals surface area contributed by atoms with Crippen molar-refractivity contribution in [2.75, 3.05) is 19.6 Å². The van der Waals surface area contributed by atoms with Crippen molar-refractivity contribution in [3.05, 3.63) is 35.9 Å². The lowest BCUT2D eigenvalue weighted by atomic mass is 9.96. The van der Waals surface area contributed by atoms with Gasteiger partial charge in [0.15, 0.2) is 0 Å². The van der Waals surface area contributed by atoms with Gasteiger partial charge in [0.1, 0.15) is 0 Å². The van der Waals surface area contributed by atoms with Crippen LogP contribution in [0.4, 0.5) is 18.0 Å². The first-order valence-electron chi connectivity index (χ1n) is 8.56. The summed E-state index contributed by atoms with van der Waals surface area (Å²) in [5.41, 5.74) is 1.11. The van der Waals surface area contributed by atoms with E-state index in [4.69, 9.17) is 5.11 Å². The Balaban J connectivity index is 1.56. The van der Waals surface area contributed by atoms with E-state index in [9.17, 15) is 22.8 Å². The van der Waals surface area contributed by atoms with Crippen LogP contribution in [0, 0.1) is 17.3 Å². The summed E-state index contributed by atoms with van der Waals surface area (Å²) in [5, 5.41) is 11.7. The number of alkyl halides is 3. The number of urea groups is 1. The molecule has 1 aliphatic carbocycles. The number of likely N-dealkylation sites (tertiary alicyclic amines) is 1. The average molecular weight is 370 g/mol. The van der Waals surface area contributed by atoms with E-state index in [2.05, 4.69) is 5.32 Å². The Morgan fingerprint density at radius 1 is 1.19 bits per heavy atom. The van der Waals surface area contributed by atoms with Gasteiger partial charge < -0.3 is 15.3 Å². The molecule has 0 bridgehead atoms. The fourth-order valence-electron chi connectivity index (χ4n) is 3.55. The first kappa shape index (κ1) is 18.5. The number of aliphatic carboxylic acids is 1. The number of carboxylic acid groups (broad SMARTS) is 1. The topological polar surface area (TPSA) is 69.6 Å². The van der Waals surface area contributed by atoms with E-state index in [-0.39, 0.29) is 5.41 Å². The first-order valence-corrected chi connectivity index (χ1v) is 8.56. The second-order valence-corrected chi connectivity index (χ2v) is 7.32. The Morgan fingerprint density at radius 2 is 1.85 bits per heavy atom. The molecule has 3 rings (SSSR count). The predicted molar refractivity (Wildman–Crippen MR) is 87.5 cm³/mol. The van der Waals surface area contributed by atoms with Crippen LogP contribution in [0.3, 0.4) is 0 Å². The van der Waals surface area contributed by atoms with E-state index < -0.39 is 43.1 Å². The minimum absolute atomic E-state index is 0.0492. The Bertz CT molecular complexity index is 674. The molecule has 2 N–H and O–H groups in total. The van der Waals surface area contributed by atoms with Crippen molar-refractivity contribution >= 4 is 12.0 Å². The van der Waals surface area contributed by atoms with E-state index >= 15 is 0 Å². The van der Waals surface area contributed by atoms with E-state index in [0.29, 0.717) is 6.54 Å². The molecule has 0 spiro atoms. The fraction of sp³-hybridized carbons (Fsp3) is 0.556. The van der Waals surface area contributed by atoms with Crippen molar-refractivity contribution < 1.29 is 27.9 Å². The molecular formula is C18H21F3N2O3. The highest BCUT2D eigenvalue weighted by molar-refractivity contribution is 5.77. The molecule has 2 atom stereocenters. The molecule has 8 heteroatoms. The molecule has 2 fully saturated rings. The maximum absolute atomic E-state index is 13.0. The molecule has 2 aliphatic rings. The van der Waals surface area contributed by atoms with Crippen LogP contribution in [0.25, 0.3) is 0 Å². The van der Waals surface area contributed by atoms with Gasteiger partial charge in [-0.05, 0) is 30.2 Å². The summed E-state index contributed by atoms with van der Waals surface area (Å²) in [6.45, 7) is -0.652. The van der Waals surface area contributed by atoms with Crippen LogP contribution in [0.5, 0.6) is 0 Å². The minimum Gasteiger partial charge on any atom is -0.481 e. The second kappa shape index (κ2) is 6.81. The number of carbonyl (C=O) groups is 2.